The second-order valence-electron chi connectivity index (χ2n) is 5.84. The van der Waals surface area contributed by atoms with Gasteiger partial charge in [-0.25, -0.2) is 0 Å². The Hall–Kier alpha value is -1.36. The molecule has 0 bridgehead atoms. The Morgan fingerprint density at radius 3 is 2.89 bits per heavy atom. The molecule has 2 rings (SSSR count). The molecule has 0 spiro atoms. The van der Waals surface area contributed by atoms with Crippen LogP contribution < -0.4 is 10.6 Å². The molecular formula is C13H21N3O2. The highest BCUT2D eigenvalue weighted by molar-refractivity contribution is 5.92. The Balaban J connectivity index is 1.98. The van der Waals surface area contributed by atoms with E-state index in [0.717, 1.165) is 31.7 Å². The van der Waals surface area contributed by atoms with Gasteiger partial charge in [0.25, 0.3) is 5.91 Å². The van der Waals surface area contributed by atoms with Crippen molar-refractivity contribution in [2.24, 2.45) is 0 Å². The van der Waals surface area contributed by atoms with Crippen molar-refractivity contribution in [1.29, 1.82) is 0 Å². The van der Waals surface area contributed by atoms with Crippen LogP contribution in [0.15, 0.2) is 10.6 Å². The summed E-state index contributed by atoms with van der Waals surface area (Å²) < 4.78 is 5.21. The third-order valence-corrected chi connectivity index (χ3v) is 3.11. The van der Waals surface area contributed by atoms with E-state index in [2.05, 4.69) is 15.8 Å². The summed E-state index contributed by atoms with van der Waals surface area (Å²) in [5.74, 6) is 0.581. The number of carbonyl (C=O) groups excluding carboxylic acids is 1. The normalized spacial score (nSPS) is 20.7. The number of aromatic nitrogens is 1. The third-order valence-electron chi connectivity index (χ3n) is 3.11. The van der Waals surface area contributed by atoms with Crippen LogP contribution in [-0.2, 0) is 5.41 Å². The molecule has 1 fully saturated rings. The van der Waals surface area contributed by atoms with Gasteiger partial charge in [-0.2, -0.15) is 0 Å². The number of nitrogens with one attached hydrogen (secondary N) is 2. The minimum Gasteiger partial charge on any atom is -0.360 e. The van der Waals surface area contributed by atoms with Gasteiger partial charge in [0.1, 0.15) is 5.76 Å². The molecular weight excluding hydrogens is 230 g/mol. The molecule has 1 aliphatic rings. The number of nitrogens with zero attached hydrogens (tertiary/aromatic N) is 1. The molecule has 100 valence electrons. The average molecular weight is 251 g/mol. The lowest BCUT2D eigenvalue weighted by Crippen LogP contribution is -2.45. The summed E-state index contributed by atoms with van der Waals surface area (Å²) in [7, 11) is 0. The molecule has 1 aliphatic heterocycles. The van der Waals surface area contributed by atoms with E-state index < -0.39 is 0 Å². The zero-order valence-electron chi connectivity index (χ0n) is 11.2. The van der Waals surface area contributed by atoms with Crippen LogP contribution in [0.5, 0.6) is 0 Å². The van der Waals surface area contributed by atoms with Crippen LogP contribution >= 0.6 is 0 Å². The second kappa shape index (κ2) is 5.10. The molecule has 2 heterocycles. The molecule has 18 heavy (non-hydrogen) atoms. The summed E-state index contributed by atoms with van der Waals surface area (Å²) in [6.45, 7) is 7.95. The molecule has 0 aromatic carbocycles. The van der Waals surface area contributed by atoms with Gasteiger partial charge in [-0.15, -0.1) is 0 Å². The first-order valence-corrected chi connectivity index (χ1v) is 6.45. The number of rotatable bonds is 2. The maximum Gasteiger partial charge on any atom is 0.273 e. The van der Waals surface area contributed by atoms with Crippen molar-refractivity contribution in [3.8, 4) is 0 Å². The highest BCUT2D eigenvalue weighted by Gasteiger charge is 2.23. The lowest BCUT2D eigenvalue weighted by Gasteiger charge is -2.23. The van der Waals surface area contributed by atoms with Gasteiger partial charge in [0.05, 0.1) is 0 Å². The van der Waals surface area contributed by atoms with Crippen molar-refractivity contribution >= 4 is 5.91 Å². The molecule has 1 aromatic rings. The van der Waals surface area contributed by atoms with Gasteiger partial charge in [0.15, 0.2) is 5.69 Å². The summed E-state index contributed by atoms with van der Waals surface area (Å²) in [5.41, 5.74) is 0.239. The Labute approximate surface area is 107 Å². The zero-order valence-corrected chi connectivity index (χ0v) is 11.2. The second-order valence-corrected chi connectivity index (χ2v) is 5.84. The monoisotopic (exact) mass is 251 g/mol. The Bertz CT molecular complexity index is 414. The van der Waals surface area contributed by atoms with Crippen LogP contribution in [0.1, 0.15) is 49.9 Å². The van der Waals surface area contributed by atoms with Crippen molar-refractivity contribution < 1.29 is 9.32 Å². The lowest BCUT2D eigenvalue weighted by atomic mass is 9.93. The van der Waals surface area contributed by atoms with E-state index in [9.17, 15) is 4.79 Å². The highest BCUT2D eigenvalue weighted by Crippen LogP contribution is 2.22. The summed E-state index contributed by atoms with van der Waals surface area (Å²) in [6.07, 6.45) is 2.11. The first kappa shape index (κ1) is 13.1. The van der Waals surface area contributed by atoms with Gasteiger partial charge in [0, 0.05) is 24.1 Å². The van der Waals surface area contributed by atoms with Crippen LogP contribution in [0, 0.1) is 0 Å². The minimum atomic E-state index is -0.150. The predicted octanol–water partition coefficient (Wildman–Crippen LogP) is 1.45. The van der Waals surface area contributed by atoms with Crippen LogP contribution in [0.3, 0.4) is 0 Å². The Morgan fingerprint density at radius 2 is 2.33 bits per heavy atom. The van der Waals surface area contributed by atoms with Crippen molar-refractivity contribution in [3.63, 3.8) is 0 Å². The molecule has 0 radical (unpaired) electrons. The smallest absolute Gasteiger partial charge is 0.273 e. The molecule has 0 saturated carbocycles. The molecule has 1 amide bonds. The molecule has 5 heteroatoms. The van der Waals surface area contributed by atoms with Crippen LogP contribution in [0.2, 0.25) is 0 Å². The number of hydrogen-bond acceptors (Lipinski definition) is 4. The molecule has 0 unspecified atom stereocenters. The summed E-state index contributed by atoms with van der Waals surface area (Å²) >= 11 is 0. The molecule has 5 nitrogen and oxygen atoms in total. The van der Waals surface area contributed by atoms with E-state index in [4.69, 9.17) is 4.52 Å². The topological polar surface area (TPSA) is 67.2 Å². The highest BCUT2D eigenvalue weighted by atomic mass is 16.5. The van der Waals surface area contributed by atoms with E-state index in [1.165, 1.54) is 0 Å². The average Bonchev–Trinajstić information content (AvgIpc) is 2.79. The molecule has 0 aliphatic carbocycles. The molecule has 1 atom stereocenters. The quantitative estimate of drug-likeness (QED) is 0.835. The van der Waals surface area contributed by atoms with Crippen LogP contribution in [0.4, 0.5) is 0 Å². The van der Waals surface area contributed by atoms with E-state index >= 15 is 0 Å². The number of amides is 1. The SMILES string of the molecule is CC(C)(C)c1cc(C(=O)N[C@H]2CCCNC2)no1. The van der Waals surface area contributed by atoms with Crippen LogP contribution in [-0.4, -0.2) is 30.2 Å². The fourth-order valence-electron chi connectivity index (χ4n) is 1.97. The standard InChI is InChI=1S/C13H21N3O2/c1-13(2,3)11-7-10(16-18-11)12(17)15-9-5-4-6-14-8-9/h7,9,14H,4-6,8H2,1-3H3,(H,15,17)/t9-/m0/s1. The molecule has 1 aromatic heterocycles. The van der Waals surface area contributed by atoms with Crippen molar-refractivity contribution in [3.05, 3.63) is 17.5 Å². The number of carbonyl (C=O) groups is 1. The third kappa shape index (κ3) is 3.10. The van der Waals surface area contributed by atoms with Gasteiger partial charge in [0.2, 0.25) is 0 Å². The Kier molecular flexibility index (Phi) is 3.71. The molecule has 2 N–H and O–H groups in total. The first-order chi connectivity index (χ1) is 8.47. The van der Waals surface area contributed by atoms with Crippen LogP contribution in [0.25, 0.3) is 0 Å². The Morgan fingerprint density at radius 1 is 1.56 bits per heavy atom. The van der Waals surface area contributed by atoms with E-state index in [1.54, 1.807) is 6.07 Å². The summed E-state index contributed by atoms with van der Waals surface area (Å²) in [4.78, 5) is 12.0. The zero-order chi connectivity index (χ0) is 13.2. The van der Waals surface area contributed by atoms with E-state index in [-0.39, 0.29) is 17.4 Å². The van der Waals surface area contributed by atoms with Gasteiger partial charge in [-0.05, 0) is 19.4 Å². The van der Waals surface area contributed by atoms with Crippen molar-refractivity contribution in [2.45, 2.75) is 45.1 Å². The predicted molar refractivity (Wildman–Crippen MR) is 68.6 cm³/mol. The minimum absolute atomic E-state index is 0.127. The van der Waals surface area contributed by atoms with Crippen molar-refractivity contribution in [2.75, 3.05) is 13.1 Å². The van der Waals surface area contributed by atoms with Gasteiger partial charge >= 0.3 is 0 Å². The summed E-state index contributed by atoms with van der Waals surface area (Å²) in [6, 6.07) is 1.92. The lowest BCUT2D eigenvalue weighted by molar-refractivity contribution is 0.0921. The van der Waals surface area contributed by atoms with E-state index in [1.807, 2.05) is 20.8 Å². The molecule has 1 saturated heterocycles. The fourth-order valence-corrected chi connectivity index (χ4v) is 1.97. The van der Waals surface area contributed by atoms with E-state index in [0.29, 0.717) is 5.69 Å². The maximum absolute atomic E-state index is 12.0. The number of hydrogen-bond donors (Lipinski definition) is 2. The van der Waals surface area contributed by atoms with Gasteiger partial charge < -0.3 is 15.2 Å². The van der Waals surface area contributed by atoms with Gasteiger partial charge in [-0.3, -0.25) is 4.79 Å². The number of piperidine rings is 1. The van der Waals surface area contributed by atoms with Crippen molar-refractivity contribution in [1.82, 2.24) is 15.8 Å². The maximum atomic E-state index is 12.0. The summed E-state index contributed by atoms with van der Waals surface area (Å²) in [5, 5.41) is 10.1. The van der Waals surface area contributed by atoms with Gasteiger partial charge in [-0.1, -0.05) is 25.9 Å². The first-order valence-electron chi connectivity index (χ1n) is 6.45. The largest absolute Gasteiger partial charge is 0.360 e. The fraction of sp³-hybridized carbons (Fsp3) is 0.692.